The molecule has 1 saturated heterocycles. The lowest BCUT2D eigenvalue weighted by Gasteiger charge is -2.26. The van der Waals surface area contributed by atoms with Gasteiger partial charge in [0.15, 0.2) is 0 Å². The third-order valence-corrected chi connectivity index (χ3v) is 5.26. The Balaban J connectivity index is 1.52. The summed E-state index contributed by atoms with van der Waals surface area (Å²) in [6.45, 7) is 1.87. The van der Waals surface area contributed by atoms with Gasteiger partial charge < -0.3 is 9.88 Å². The number of hydrogen-bond donors (Lipinski definition) is 1. The normalized spacial score (nSPS) is 14.7. The van der Waals surface area contributed by atoms with Crippen LogP contribution in [0.2, 0.25) is 0 Å². The molecule has 134 valence electrons. The van der Waals surface area contributed by atoms with Gasteiger partial charge in [-0.25, -0.2) is 0 Å². The molecule has 1 amide bonds. The van der Waals surface area contributed by atoms with Crippen LogP contribution in [0.3, 0.4) is 0 Å². The molecular weight excluding hydrogens is 322 g/mol. The first-order valence-corrected chi connectivity index (χ1v) is 9.62. The minimum Gasteiger partial charge on any atom is -0.353 e. The third kappa shape index (κ3) is 3.50. The first-order valence-electron chi connectivity index (χ1n) is 9.62. The molecule has 3 aromatic rings. The lowest BCUT2D eigenvalue weighted by Crippen LogP contribution is -2.35. The highest BCUT2D eigenvalue weighted by Gasteiger charge is 2.18. The molecule has 3 heterocycles. The molecular formula is C22H25N3O. The van der Waals surface area contributed by atoms with Gasteiger partial charge in [-0.3, -0.25) is 9.78 Å². The highest BCUT2D eigenvalue weighted by molar-refractivity contribution is 5.90. The number of nitrogens with zero attached hydrogens (tertiary/aromatic N) is 2. The summed E-state index contributed by atoms with van der Waals surface area (Å²) in [5, 5.41) is 1.23. The maximum Gasteiger partial charge on any atom is 0.222 e. The molecule has 0 radical (unpaired) electrons. The van der Waals surface area contributed by atoms with E-state index < -0.39 is 0 Å². The summed E-state index contributed by atoms with van der Waals surface area (Å²) in [6.07, 6.45) is 7.76. The summed E-state index contributed by atoms with van der Waals surface area (Å²) in [5.74, 6) is 0.309. The molecule has 1 N–H and O–H groups in total. The standard InChI is InChI=1S/C22H25N3O/c26-21(25-15-6-1-7-16-25)13-8-10-18-17-9-2-3-11-19(17)24-22(18)20-12-4-5-14-23-20/h2-5,9,11-12,14,24H,1,6-8,10,13,15-16H2. The number of amides is 1. The maximum absolute atomic E-state index is 12.5. The minimum absolute atomic E-state index is 0.309. The number of rotatable bonds is 5. The van der Waals surface area contributed by atoms with Crippen molar-refractivity contribution in [2.24, 2.45) is 0 Å². The van der Waals surface area contributed by atoms with Gasteiger partial charge in [-0.15, -0.1) is 0 Å². The molecule has 4 nitrogen and oxygen atoms in total. The van der Waals surface area contributed by atoms with E-state index in [0.29, 0.717) is 12.3 Å². The number of para-hydroxylation sites is 1. The SMILES string of the molecule is O=C(CCCc1c(-c2ccccn2)[nH]c2ccccc12)N1CCCCC1. The average molecular weight is 347 g/mol. The predicted molar refractivity (Wildman–Crippen MR) is 105 cm³/mol. The van der Waals surface area contributed by atoms with Crippen molar-refractivity contribution in [1.29, 1.82) is 0 Å². The highest BCUT2D eigenvalue weighted by Crippen LogP contribution is 2.30. The quantitative estimate of drug-likeness (QED) is 0.735. The van der Waals surface area contributed by atoms with E-state index in [1.165, 1.54) is 17.4 Å². The molecule has 26 heavy (non-hydrogen) atoms. The number of carbonyl (C=O) groups is 1. The van der Waals surface area contributed by atoms with Gasteiger partial charge in [-0.1, -0.05) is 24.3 Å². The molecule has 0 bridgehead atoms. The van der Waals surface area contributed by atoms with E-state index in [1.807, 2.05) is 35.4 Å². The Kier molecular flexibility index (Phi) is 5.00. The van der Waals surface area contributed by atoms with Crippen LogP contribution in [0.1, 0.15) is 37.7 Å². The molecule has 4 rings (SSSR count). The first-order chi connectivity index (χ1) is 12.8. The van der Waals surface area contributed by atoms with Crippen molar-refractivity contribution in [3.05, 3.63) is 54.2 Å². The zero-order valence-corrected chi connectivity index (χ0v) is 15.1. The molecule has 1 aromatic carbocycles. The average Bonchev–Trinajstić information content (AvgIpc) is 3.08. The Labute approximate surface area is 154 Å². The van der Waals surface area contributed by atoms with E-state index in [2.05, 4.69) is 28.2 Å². The molecule has 0 saturated carbocycles. The number of carbonyl (C=O) groups excluding carboxylic acids is 1. The third-order valence-electron chi connectivity index (χ3n) is 5.26. The molecule has 0 spiro atoms. The maximum atomic E-state index is 12.5. The number of fused-ring (bicyclic) bond motifs is 1. The zero-order valence-electron chi connectivity index (χ0n) is 15.1. The lowest BCUT2D eigenvalue weighted by molar-refractivity contribution is -0.132. The van der Waals surface area contributed by atoms with Gasteiger partial charge in [-0.05, 0) is 55.9 Å². The number of nitrogens with one attached hydrogen (secondary N) is 1. The van der Waals surface area contributed by atoms with Crippen molar-refractivity contribution in [3.8, 4) is 11.4 Å². The van der Waals surface area contributed by atoms with Crippen molar-refractivity contribution in [2.45, 2.75) is 38.5 Å². The van der Waals surface area contributed by atoms with Crippen LogP contribution in [0, 0.1) is 0 Å². The molecule has 1 fully saturated rings. The first kappa shape index (κ1) is 16.8. The number of piperidine rings is 1. The second kappa shape index (κ2) is 7.73. The van der Waals surface area contributed by atoms with E-state index in [-0.39, 0.29) is 0 Å². The fourth-order valence-electron chi connectivity index (χ4n) is 3.91. The van der Waals surface area contributed by atoms with Crippen LogP contribution in [0.15, 0.2) is 48.7 Å². The van der Waals surface area contributed by atoms with Gasteiger partial charge in [0.2, 0.25) is 5.91 Å². The van der Waals surface area contributed by atoms with Crippen molar-refractivity contribution < 1.29 is 4.79 Å². The summed E-state index contributed by atoms with van der Waals surface area (Å²) < 4.78 is 0. The van der Waals surface area contributed by atoms with Crippen molar-refractivity contribution >= 4 is 16.8 Å². The number of aryl methyl sites for hydroxylation is 1. The monoisotopic (exact) mass is 347 g/mol. The fraction of sp³-hybridized carbons (Fsp3) is 0.364. The van der Waals surface area contributed by atoms with Crippen LogP contribution in [-0.4, -0.2) is 33.9 Å². The smallest absolute Gasteiger partial charge is 0.222 e. The van der Waals surface area contributed by atoms with E-state index in [4.69, 9.17) is 0 Å². The second-order valence-electron chi connectivity index (χ2n) is 7.03. The minimum atomic E-state index is 0.309. The Morgan fingerprint density at radius 1 is 1.04 bits per heavy atom. The summed E-state index contributed by atoms with van der Waals surface area (Å²) in [6, 6.07) is 14.4. The Morgan fingerprint density at radius 3 is 2.65 bits per heavy atom. The van der Waals surface area contributed by atoms with Crippen LogP contribution in [0.25, 0.3) is 22.3 Å². The largest absolute Gasteiger partial charge is 0.353 e. The van der Waals surface area contributed by atoms with Gasteiger partial charge in [-0.2, -0.15) is 0 Å². The van der Waals surface area contributed by atoms with E-state index in [0.717, 1.165) is 55.7 Å². The molecule has 1 aliphatic heterocycles. The van der Waals surface area contributed by atoms with Gasteiger partial charge in [0.1, 0.15) is 0 Å². The number of pyridine rings is 1. The molecule has 2 aromatic heterocycles. The predicted octanol–water partition coefficient (Wildman–Crippen LogP) is 4.57. The molecule has 4 heteroatoms. The van der Waals surface area contributed by atoms with Gasteiger partial charge >= 0.3 is 0 Å². The van der Waals surface area contributed by atoms with Crippen LogP contribution in [0.4, 0.5) is 0 Å². The molecule has 1 aliphatic rings. The van der Waals surface area contributed by atoms with Crippen LogP contribution in [0.5, 0.6) is 0 Å². The fourth-order valence-corrected chi connectivity index (χ4v) is 3.91. The number of H-pyrrole nitrogens is 1. The number of hydrogen-bond acceptors (Lipinski definition) is 2. The molecule has 0 atom stereocenters. The number of benzene rings is 1. The summed E-state index contributed by atoms with van der Waals surface area (Å²) in [4.78, 5) is 22.5. The van der Waals surface area contributed by atoms with Crippen LogP contribution < -0.4 is 0 Å². The van der Waals surface area contributed by atoms with Gasteiger partial charge in [0.25, 0.3) is 0 Å². The van der Waals surface area contributed by atoms with Gasteiger partial charge in [0, 0.05) is 36.6 Å². The number of likely N-dealkylation sites (tertiary alicyclic amines) is 1. The molecule has 0 aliphatic carbocycles. The Hall–Kier alpha value is -2.62. The number of aromatic amines is 1. The summed E-state index contributed by atoms with van der Waals surface area (Å²) >= 11 is 0. The lowest BCUT2D eigenvalue weighted by atomic mass is 10.0. The Bertz CT molecular complexity index is 879. The van der Waals surface area contributed by atoms with E-state index >= 15 is 0 Å². The molecule has 0 unspecified atom stereocenters. The van der Waals surface area contributed by atoms with Crippen molar-refractivity contribution in [1.82, 2.24) is 14.9 Å². The summed E-state index contributed by atoms with van der Waals surface area (Å²) in [5.41, 5.74) is 4.44. The zero-order chi connectivity index (χ0) is 17.8. The second-order valence-corrected chi connectivity index (χ2v) is 7.03. The van der Waals surface area contributed by atoms with E-state index in [9.17, 15) is 4.79 Å². The van der Waals surface area contributed by atoms with Crippen LogP contribution in [-0.2, 0) is 11.2 Å². The van der Waals surface area contributed by atoms with Crippen molar-refractivity contribution in [2.75, 3.05) is 13.1 Å². The van der Waals surface area contributed by atoms with Gasteiger partial charge in [0.05, 0.1) is 11.4 Å². The van der Waals surface area contributed by atoms with Crippen LogP contribution >= 0.6 is 0 Å². The van der Waals surface area contributed by atoms with E-state index in [1.54, 1.807) is 0 Å². The Morgan fingerprint density at radius 2 is 1.85 bits per heavy atom. The highest BCUT2D eigenvalue weighted by atomic mass is 16.2. The topological polar surface area (TPSA) is 49.0 Å². The summed E-state index contributed by atoms with van der Waals surface area (Å²) in [7, 11) is 0. The number of aromatic nitrogens is 2. The van der Waals surface area contributed by atoms with Crippen molar-refractivity contribution in [3.63, 3.8) is 0 Å².